The highest BCUT2D eigenvalue weighted by molar-refractivity contribution is 5.81. The molecule has 1 N–H and O–H groups in total. The second-order valence-corrected chi connectivity index (χ2v) is 4.79. The highest BCUT2D eigenvalue weighted by Gasteiger charge is 2.14. The number of hydrogen-bond acceptors (Lipinski definition) is 2. The van der Waals surface area contributed by atoms with Crippen LogP contribution in [0.15, 0.2) is 4.79 Å². The van der Waals surface area contributed by atoms with Gasteiger partial charge < -0.3 is 4.98 Å². The SMILES string of the molecule is CCc1c(C)nc2[nH]c(C)c(CC)c(=O)c2c1C. The van der Waals surface area contributed by atoms with Crippen LogP contribution in [-0.4, -0.2) is 9.97 Å². The minimum atomic E-state index is 0.142. The number of pyridine rings is 2. The van der Waals surface area contributed by atoms with Gasteiger partial charge in [-0.15, -0.1) is 0 Å². The van der Waals surface area contributed by atoms with Crippen LogP contribution < -0.4 is 5.43 Å². The van der Waals surface area contributed by atoms with Crippen LogP contribution in [0, 0.1) is 20.8 Å². The predicted molar refractivity (Wildman–Crippen MR) is 75.3 cm³/mol. The quantitative estimate of drug-likeness (QED) is 0.882. The van der Waals surface area contributed by atoms with Crippen molar-refractivity contribution in [1.82, 2.24) is 9.97 Å². The molecule has 0 aliphatic heterocycles. The first kappa shape index (κ1) is 12.8. The van der Waals surface area contributed by atoms with Gasteiger partial charge in [-0.1, -0.05) is 13.8 Å². The van der Waals surface area contributed by atoms with Crippen molar-refractivity contribution in [3.05, 3.63) is 38.3 Å². The van der Waals surface area contributed by atoms with Crippen LogP contribution in [0.25, 0.3) is 11.0 Å². The van der Waals surface area contributed by atoms with Crippen molar-refractivity contribution < 1.29 is 0 Å². The average Bonchev–Trinajstić information content (AvgIpc) is 2.28. The van der Waals surface area contributed by atoms with E-state index in [4.69, 9.17) is 0 Å². The minimum absolute atomic E-state index is 0.142. The van der Waals surface area contributed by atoms with Crippen molar-refractivity contribution in [3.8, 4) is 0 Å². The van der Waals surface area contributed by atoms with E-state index in [1.165, 1.54) is 5.56 Å². The molecular weight excluding hydrogens is 224 g/mol. The van der Waals surface area contributed by atoms with Crippen molar-refractivity contribution in [2.45, 2.75) is 47.5 Å². The Kier molecular flexibility index (Phi) is 3.24. The van der Waals surface area contributed by atoms with Gasteiger partial charge in [0, 0.05) is 17.0 Å². The largest absolute Gasteiger partial charge is 0.343 e. The van der Waals surface area contributed by atoms with E-state index in [2.05, 4.69) is 16.9 Å². The number of aromatic amines is 1. The van der Waals surface area contributed by atoms with Gasteiger partial charge in [0.2, 0.25) is 0 Å². The highest BCUT2D eigenvalue weighted by atomic mass is 16.1. The molecule has 0 aliphatic rings. The van der Waals surface area contributed by atoms with E-state index in [0.29, 0.717) is 0 Å². The zero-order valence-electron chi connectivity index (χ0n) is 11.8. The highest BCUT2D eigenvalue weighted by Crippen LogP contribution is 2.20. The molecule has 2 rings (SSSR count). The molecule has 2 aromatic heterocycles. The number of nitrogens with zero attached hydrogens (tertiary/aromatic N) is 1. The molecule has 0 radical (unpaired) electrons. The lowest BCUT2D eigenvalue weighted by Crippen LogP contribution is -2.16. The number of aromatic nitrogens is 2. The van der Waals surface area contributed by atoms with Gasteiger partial charge in [-0.3, -0.25) is 4.79 Å². The van der Waals surface area contributed by atoms with Crippen molar-refractivity contribution >= 4 is 11.0 Å². The molecular formula is C15H20N2O. The molecule has 0 aliphatic carbocycles. The fourth-order valence-corrected chi connectivity index (χ4v) is 2.78. The summed E-state index contributed by atoms with van der Waals surface area (Å²) >= 11 is 0. The number of rotatable bonds is 2. The summed E-state index contributed by atoms with van der Waals surface area (Å²) in [4.78, 5) is 20.3. The summed E-state index contributed by atoms with van der Waals surface area (Å²) in [6.07, 6.45) is 1.67. The van der Waals surface area contributed by atoms with Crippen LogP contribution >= 0.6 is 0 Å². The first-order chi connectivity index (χ1) is 8.51. The molecule has 0 aromatic carbocycles. The predicted octanol–water partition coefficient (Wildman–Crippen LogP) is 2.97. The van der Waals surface area contributed by atoms with Gasteiger partial charge in [-0.05, 0) is 44.7 Å². The lowest BCUT2D eigenvalue weighted by atomic mass is 9.99. The Hall–Kier alpha value is -1.64. The second-order valence-electron chi connectivity index (χ2n) is 4.79. The Morgan fingerprint density at radius 1 is 1.06 bits per heavy atom. The third-order valence-electron chi connectivity index (χ3n) is 3.75. The Labute approximate surface area is 107 Å². The van der Waals surface area contributed by atoms with Crippen LogP contribution in [0.1, 0.15) is 41.9 Å². The van der Waals surface area contributed by atoms with Gasteiger partial charge >= 0.3 is 0 Å². The van der Waals surface area contributed by atoms with Gasteiger partial charge in [0.25, 0.3) is 0 Å². The monoisotopic (exact) mass is 244 g/mol. The average molecular weight is 244 g/mol. The number of hydrogen-bond donors (Lipinski definition) is 1. The zero-order valence-corrected chi connectivity index (χ0v) is 11.8. The molecule has 0 saturated carbocycles. The van der Waals surface area contributed by atoms with E-state index in [9.17, 15) is 4.79 Å². The molecule has 0 saturated heterocycles. The van der Waals surface area contributed by atoms with Gasteiger partial charge in [-0.2, -0.15) is 0 Å². The van der Waals surface area contributed by atoms with Gasteiger partial charge in [0.1, 0.15) is 5.65 Å². The Bertz CT molecular complexity index is 663. The lowest BCUT2D eigenvalue weighted by molar-refractivity contribution is 1.00. The van der Waals surface area contributed by atoms with E-state index in [0.717, 1.165) is 46.4 Å². The maximum atomic E-state index is 12.5. The maximum Gasteiger partial charge on any atom is 0.194 e. The van der Waals surface area contributed by atoms with Crippen LogP contribution in [0.5, 0.6) is 0 Å². The summed E-state index contributed by atoms with van der Waals surface area (Å²) in [5.74, 6) is 0. The standard InChI is InChI=1S/C15H20N2O/c1-6-11-8(3)13-14(18)12(7-2)10(5)17-15(13)16-9(11)4/h6-7H2,1-5H3,(H,16,17,18). The summed E-state index contributed by atoms with van der Waals surface area (Å²) < 4.78 is 0. The molecule has 0 spiro atoms. The number of H-pyrrole nitrogens is 1. The van der Waals surface area contributed by atoms with E-state index in [1.807, 2.05) is 27.7 Å². The molecule has 96 valence electrons. The van der Waals surface area contributed by atoms with Crippen LogP contribution in [-0.2, 0) is 12.8 Å². The summed E-state index contributed by atoms with van der Waals surface area (Å²) in [5.41, 5.74) is 5.96. The Balaban J connectivity index is 3.00. The molecule has 2 heterocycles. The number of aryl methyl sites for hydroxylation is 3. The van der Waals surface area contributed by atoms with E-state index < -0.39 is 0 Å². The molecule has 0 unspecified atom stereocenters. The molecule has 0 atom stereocenters. The van der Waals surface area contributed by atoms with E-state index >= 15 is 0 Å². The topological polar surface area (TPSA) is 45.8 Å². The Morgan fingerprint density at radius 2 is 1.67 bits per heavy atom. The molecule has 0 amide bonds. The Morgan fingerprint density at radius 3 is 2.22 bits per heavy atom. The van der Waals surface area contributed by atoms with Crippen LogP contribution in [0.2, 0.25) is 0 Å². The van der Waals surface area contributed by atoms with Crippen LogP contribution in [0.3, 0.4) is 0 Å². The molecule has 0 fully saturated rings. The van der Waals surface area contributed by atoms with Crippen LogP contribution in [0.4, 0.5) is 0 Å². The maximum absolute atomic E-state index is 12.5. The smallest absolute Gasteiger partial charge is 0.194 e. The van der Waals surface area contributed by atoms with Gasteiger partial charge in [0.15, 0.2) is 5.43 Å². The molecule has 0 bridgehead atoms. The second kappa shape index (κ2) is 4.56. The summed E-state index contributed by atoms with van der Waals surface area (Å²) in [6.45, 7) is 10.1. The number of fused-ring (bicyclic) bond motifs is 1. The first-order valence-electron chi connectivity index (χ1n) is 6.52. The van der Waals surface area contributed by atoms with Gasteiger partial charge in [-0.25, -0.2) is 4.98 Å². The molecule has 3 heteroatoms. The summed E-state index contributed by atoms with van der Waals surface area (Å²) in [5, 5.41) is 0.764. The fourth-order valence-electron chi connectivity index (χ4n) is 2.78. The van der Waals surface area contributed by atoms with E-state index in [-0.39, 0.29) is 5.43 Å². The fraction of sp³-hybridized carbons (Fsp3) is 0.467. The molecule has 3 nitrogen and oxygen atoms in total. The third kappa shape index (κ3) is 1.74. The number of nitrogens with one attached hydrogen (secondary N) is 1. The summed E-state index contributed by atoms with van der Waals surface area (Å²) in [7, 11) is 0. The lowest BCUT2D eigenvalue weighted by Gasteiger charge is -2.12. The van der Waals surface area contributed by atoms with Crippen molar-refractivity contribution in [1.29, 1.82) is 0 Å². The van der Waals surface area contributed by atoms with E-state index in [1.54, 1.807) is 0 Å². The van der Waals surface area contributed by atoms with Crippen molar-refractivity contribution in [3.63, 3.8) is 0 Å². The summed E-state index contributed by atoms with van der Waals surface area (Å²) in [6, 6.07) is 0. The normalized spacial score (nSPS) is 11.2. The van der Waals surface area contributed by atoms with Gasteiger partial charge in [0.05, 0.1) is 5.39 Å². The van der Waals surface area contributed by atoms with Crippen molar-refractivity contribution in [2.24, 2.45) is 0 Å². The third-order valence-corrected chi connectivity index (χ3v) is 3.75. The zero-order chi connectivity index (χ0) is 13.4. The molecule has 2 aromatic rings. The molecule has 18 heavy (non-hydrogen) atoms. The van der Waals surface area contributed by atoms with Crippen molar-refractivity contribution in [2.75, 3.05) is 0 Å². The minimum Gasteiger partial charge on any atom is -0.343 e. The first-order valence-corrected chi connectivity index (χ1v) is 6.52.